The summed E-state index contributed by atoms with van der Waals surface area (Å²) in [5.74, 6) is -1.99. The number of hydrogen-bond donors (Lipinski definition) is 1. The monoisotopic (exact) mass is 496 g/mol. The number of nitrogens with one attached hydrogen (secondary N) is 1. The molecule has 0 saturated carbocycles. The summed E-state index contributed by atoms with van der Waals surface area (Å²) in [4.78, 5) is 28.4. The maximum Gasteiger partial charge on any atom is 0.416 e. The fourth-order valence-corrected chi connectivity index (χ4v) is 4.37. The third-order valence-electron chi connectivity index (χ3n) is 6.20. The minimum atomic E-state index is -4.72. The number of nitrogens with zero attached hydrogens (tertiary/aromatic N) is 1. The van der Waals surface area contributed by atoms with E-state index in [1.54, 1.807) is 49.4 Å². The first kappa shape index (κ1) is 25.2. The van der Waals surface area contributed by atoms with Gasteiger partial charge in [-0.25, -0.2) is 4.39 Å². The number of carbonyl (C=O) groups is 2. The van der Waals surface area contributed by atoms with E-state index in [2.05, 4.69) is 5.32 Å². The largest absolute Gasteiger partial charge is 0.416 e. The molecule has 0 unspecified atom stereocenters. The van der Waals surface area contributed by atoms with Crippen LogP contribution in [0.15, 0.2) is 91.0 Å². The third-order valence-corrected chi connectivity index (χ3v) is 6.20. The number of benzene rings is 3. The standard InChI is InChI=1S/C28H24F4N2O2/c1-27(26(36)33-18-20-14-22(28(30,31)32)17-23(29)15-20)13-12-24(16-19-8-4-2-5-9-19)34(27)25(35)21-10-6-3-7-11-21/h2-15,17,24H,16,18H2,1H3,(H,33,36)/t24-,27+/m0/s1. The molecular weight excluding hydrogens is 472 g/mol. The average Bonchev–Trinajstić information content (AvgIpc) is 3.19. The molecule has 4 rings (SSSR count). The number of amides is 2. The maximum atomic E-state index is 13.8. The predicted octanol–water partition coefficient (Wildman–Crippen LogP) is 5.54. The van der Waals surface area contributed by atoms with Gasteiger partial charge >= 0.3 is 6.18 Å². The Kier molecular flexibility index (Phi) is 6.97. The van der Waals surface area contributed by atoms with Gasteiger partial charge in [0.2, 0.25) is 5.91 Å². The zero-order valence-electron chi connectivity index (χ0n) is 19.4. The highest BCUT2D eigenvalue weighted by molar-refractivity contribution is 6.01. The van der Waals surface area contributed by atoms with Crippen LogP contribution in [0.5, 0.6) is 0 Å². The lowest BCUT2D eigenvalue weighted by atomic mass is 9.98. The Morgan fingerprint density at radius 2 is 1.58 bits per heavy atom. The second-order valence-electron chi connectivity index (χ2n) is 8.83. The average molecular weight is 497 g/mol. The molecule has 0 aromatic heterocycles. The van der Waals surface area contributed by atoms with Crippen LogP contribution in [0.1, 0.15) is 34.0 Å². The fourth-order valence-electron chi connectivity index (χ4n) is 4.37. The molecule has 2 amide bonds. The topological polar surface area (TPSA) is 49.4 Å². The van der Waals surface area contributed by atoms with E-state index in [9.17, 15) is 27.2 Å². The molecule has 8 heteroatoms. The van der Waals surface area contributed by atoms with Crippen molar-refractivity contribution in [3.8, 4) is 0 Å². The summed E-state index contributed by atoms with van der Waals surface area (Å²) in [6.07, 6.45) is -0.830. The van der Waals surface area contributed by atoms with Gasteiger partial charge in [-0.05, 0) is 54.8 Å². The van der Waals surface area contributed by atoms with Crippen molar-refractivity contribution in [2.75, 3.05) is 0 Å². The zero-order chi connectivity index (χ0) is 25.9. The van der Waals surface area contributed by atoms with Crippen LogP contribution in [-0.4, -0.2) is 28.3 Å². The third kappa shape index (κ3) is 5.32. The van der Waals surface area contributed by atoms with E-state index in [1.807, 2.05) is 30.3 Å². The van der Waals surface area contributed by atoms with Crippen LogP contribution in [0.4, 0.5) is 17.6 Å². The van der Waals surface area contributed by atoms with Gasteiger partial charge in [-0.3, -0.25) is 9.59 Å². The lowest BCUT2D eigenvalue weighted by molar-refractivity contribution is -0.137. The van der Waals surface area contributed by atoms with Crippen molar-refractivity contribution in [1.82, 2.24) is 10.2 Å². The zero-order valence-corrected chi connectivity index (χ0v) is 19.4. The smallest absolute Gasteiger partial charge is 0.350 e. The minimum Gasteiger partial charge on any atom is -0.350 e. The van der Waals surface area contributed by atoms with E-state index >= 15 is 0 Å². The summed E-state index contributed by atoms with van der Waals surface area (Å²) in [6.45, 7) is 1.25. The van der Waals surface area contributed by atoms with Crippen molar-refractivity contribution in [2.45, 2.75) is 37.6 Å². The maximum absolute atomic E-state index is 13.8. The molecule has 0 radical (unpaired) electrons. The molecule has 3 aromatic carbocycles. The van der Waals surface area contributed by atoms with Crippen LogP contribution in [0.3, 0.4) is 0 Å². The highest BCUT2D eigenvalue weighted by Gasteiger charge is 2.47. The van der Waals surface area contributed by atoms with Crippen molar-refractivity contribution in [3.63, 3.8) is 0 Å². The first-order chi connectivity index (χ1) is 17.1. The molecule has 0 saturated heterocycles. The Morgan fingerprint density at radius 1 is 0.944 bits per heavy atom. The molecule has 1 heterocycles. The number of alkyl halides is 3. The summed E-state index contributed by atoms with van der Waals surface area (Å²) in [5, 5.41) is 2.59. The molecule has 0 fully saturated rings. The molecule has 0 spiro atoms. The lowest BCUT2D eigenvalue weighted by Gasteiger charge is -2.37. The Labute approximate surface area is 206 Å². The van der Waals surface area contributed by atoms with Crippen molar-refractivity contribution in [3.05, 3.63) is 119 Å². The normalized spacial score (nSPS) is 19.4. The highest BCUT2D eigenvalue weighted by atomic mass is 19.4. The highest BCUT2D eigenvalue weighted by Crippen LogP contribution is 2.33. The quantitative estimate of drug-likeness (QED) is 0.360. The minimum absolute atomic E-state index is 0.0389. The van der Waals surface area contributed by atoms with Crippen molar-refractivity contribution in [1.29, 1.82) is 0 Å². The van der Waals surface area contributed by atoms with Crippen LogP contribution >= 0.6 is 0 Å². The van der Waals surface area contributed by atoms with Gasteiger partial charge in [0.1, 0.15) is 11.4 Å². The lowest BCUT2D eigenvalue weighted by Crippen LogP contribution is -2.58. The Hall–Kier alpha value is -3.94. The van der Waals surface area contributed by atoms with Crippen LogP contribution in [0.25, 0.3) is 0 Å². The van der Waals surface area contributed by atoms with Gasteiger partial charge < -0.3 is 10.2 Å². The molecule has 1 N–H and O–H groups in total. The second kappa shape index (κ2) is 9.97. The van der Waals surface area contributed by atoms with Gasteiger partial charge in [0, 0.05) is 12.1 Å². The number of halogens is 4. The molecule has 0 aliphatic carbocycles. The summed E-state index contributed by atoms with van der Waals surface area (Å²) >= 11 is 0. The molecule has 186 valence electrons. The van der Waals surface area contributed by atoms with E-state index in [0.29, 0.717) is 18.1 Å². The molecule has 4 nitrogen and oxygen atoms in total. The summed E-state index contributed by atoms with van der Waals surface area (Å²) in [6, 6.07) is 19.8. The van der Waals surface area contributed by atoms with E-state index < -0.39 is 35.0 Å². The van der Waals surface area contributed by atoms with Gasteiger partial charge in [-0.2, -0.15) is 13.2 Å². The summed E-state index contributed by atoms with van der Waals surface area (Å²) in [5.41, 5.74) is -1.21. The molecule has 36 heavy (non-hydrogen) atoms. The number of hydrogen-bond acceptors (Lipinski definition) is 2. The first-order valence-electron chi connectivity index (χ1n) is 11.3. The van der Waals surface area contributed by atoms with Crippen molar-refractivity contribution >= 4 is 11.8 Å². The first-order valence-corrected chi connectivity index (χ1v) is 11.3. The van der Waals surface area contributed by atoms with E-state index in [0.717, 1.165) is 17.7 Å². The molecule has 1 aliphatic heterocycles. The fraction of sp³-hybridized carbons (Fsp3) is 0.214. The van der Waals surface area contributed by atoms with Crippen molar-refractivity contribution < 1.29 is 27.2 Å². The van der Waals surface area contributed by atoms with Gasteiger partial charge in [-0.15, -0.1) is 0 Å². The van der Waals surface area contributed by atoms with E-state index in [1.165, 1.54) is 4.90 Å². The summed E-state index contributed by atoms with van der Waals surface area (Å²) in [7, 11) is 0. The Balaban J connectivity index is 1.59. The van der Waals surface area contributed by atoms with Gasteiger partial charge in [-0.1, -0.05) is 60.7 Å². The van der Waals surface area contributed by atoms with Crippen LogP contribution in [0, 0.1) is 5.82 Å². The van der Waals surface area contributed by atoms with Crippen LogP contribution < -0.4 is 5.32 Å². The molecular formula is C28H24F4N2O2. The summed E-state index contributed by atoms with van der Waals surface area (Å²) < 4.78 is 53.0. The predicted molar refractivity (Wildman–Crippen MR) is 127 cm³/mol. The van der Waals surface area contributed by atoms with Gasteiger partial charge in [0.15, 0.2) is 0 Å². The van der Waals surface area contributed by atoms with Crippen LogP contribution in [-0.2, 0) is 23.9 Å². The molecule has 1 aliphatic rings. The molecule has 3 aromatic rings. The van der Waals surface area contributed by atoms with Gasteiger partial charge in [0.25, 0.3) is 5.91 Å². The van der Waals surface area contributed by atoms with Gasteiger partial charge in [0.05, 0.1) is 11.6 Å². The Morgan fingerprint density at radius 3 is 2.22 bits per heavy atom. The Bertz CT molecular complexity index is 1280. The van der Waals surface area contributed by atoms with E-state index in [4.69, 9.17) is 0 Å². The molecule has 0 bridgehead atoms. The van der Waals surface area contributed by atoms with Crippen molar-refractivity contribution in [2.24, 2.45) is 0 Å². The molecule has 2 atom stereocenters. The van der Waals surface area contributed by atoms with Crippen LogP contribution in [0.2, 0.25) is 0 Å². The number of carbonyl (C=O) groups excluding carboxylic acids is 2. The second-order valence-corrected chi connectivity index (χ2v) is 8.83. The number of rotatable bonds is 6. The van der Waals surface area contributed by atoms with E-state index in [-0.39, 0.29) is 18.0 Å². The SMILES string of the molecule is C[C@]1(C(=O)NCc2cc(F)cc(C(F)(F)F)c2)C=C[C@@H](Cc2ccccc2)N1C(=O)c1ccccc1.